The number of ether oxygens (including phenoxy) is 1. The van der Waals surface area contributed by atoms with Gasteiger partial charge in [-0.1, -0.05) is 38.8 Å². The average Bonchev–Trinajstić information content (AvgIpc) is 2.40. The Kier molecular flexibility index (Phi) is 3.34. The summed E-state index contributed by atoms with van der Waals surface area (Å²) in [5, 5.41) is 9.56. The van der Waals surface area contributed by atoms with E-state index in [0.717, 1.165) is 24.2 Å². The molecule has 96 valence electrons. The number of methoxy groups -OCH3 is 1. The van der Waals surface area contributed by atoms with Gasteiger partial charge in [0.2, 0.25) is 0 Å². The fourth-order valence-electron chi connectivity index (χ4n) is 3.24. The molecule has 1 aliphatic rings. The molecule has 1 aliphatic carbocycles. The predicted molar refractivity (Wildman–Crippen MR) is 72.5 cm³/mol. The van der Waals surface area contributed by atoms with E-state index in [0.29, 0.717) is 5.41 Å². The first-order valence-electron chi connectivity index (χ1n) is 6.69. The van der Waals surface area contributed by atoms with Crippen LogP contribution in [0.25, 0.3) is 0 Å². The van der Waals surface area contributed by atoms with Gasteiger partial charge in [-0.25, -0.2) is 0 Å². The zero-order valence-corrected chi connectivity index (χ0v) is 11.5. The Balaban J connectivity index is 2.23. The minimum atomic E-state index is -0.266. The molecule has 0 aliphatic heterocycles. The van der Waals surface area contributed by atoms with Crippen molar-refractivity contribution in [1.82, 2.24) is 0 Å². The average molecular weight is 243 g/mol. The van der Waals surface area contributed by atoms with Gasteiger partial charge in [0.25, 0.3) is 0 Å². The van der Waals surface area contributed by atoms with Gasteiger partial charge in [-0.15, -0.1) is 0 Å². The molecule has 2 rings (SSSR count). The Labute approximate surface area is 110 Å². The summed E-state index contributed by atoms with van der Waals surface area (Å²) in [7, 11) is 1.66. The lowest BCUT2D eigenvalue weighted by atomic mass is 9.49. The maximum Gasteiger partial charge on any atom is 0.118 e. The third-order valence-electron chi connectivity index (χ3n) is 4.71. The van der Waals surface area contributed by atoms with Gasteiger partial charge < -0.3 is 4.74 Å². The first kappa shape index (κ1) is 13.0. The van der Waals surface area contributed by atoms with Gasteiger partial charge in [0.1, 0.15) is 5.75 Å². The molecule has 0 amide bonds. The normalized spacial score (nSPS) is 19.7. The minimum Gasteiger partial charge on any atom is -0.497 e. The fraction of sp³-hybridized carbons (Fsp3) is 0.562. The highest BCUT2D eigenvalue weighted by molar-refractivity contribution is 5.40. The molecular weight excluding hydrogens is 222 g/mol. The largest absolute Gasteiger partial charge is 0.497 e. The van der Waals surface area contributed by atoms with E-state index < -0.39 is 0 Å². The second-order valence-electron chi connectivity index (χ2n) is 5.48. The zero-order chi connectivity index (χ0) is 13.2. The van der Waals surface area contributed by atoms with Crippen LogP contribution in [0.15, 0.2) is 24.3 Å². The third kappa shape index (κ3) is 1.88. The van der Waals surface area contributed by atoms with Gasteiger partial charge in [0, 0.05) is 0 Å². The molecular formula is C16H21NO. The monoisotopic (exact) mass is 243 g/mol. The molecule has 0 atom stereocenters. The number of rotatable bonds is 4. The minimum absolute atomic E-state index is 0.266. The van der Waals surface area contributed by atoms with Gasteiger partial charge in [-0.05, 0) is 36.0 Å². The third-order valence-corrected chi connectivity index (χ3v) is 4.71. The van der Waals surface area contributed by atoms with Gasteiger partial charge in [0.05, 0.1) is 18.6 Å². The zero-order valence-electron chi connectivity index (χ0n) is 11.5. The van der Waals surface area contributed by atoms with Crippen LogP contribution in [0.2, 0.25) is 0 Å². The molecule has 2 nitrogen and oxygen atoms in total. The van der Waals surface area contributed by atoms with Crippen LogP contribution < -0.4 is 4.74 Å². The molecule has 0 N–H and O–H groups in total. The molecule has 0 spiro atoms. The first-order valence-corrected chi connectivity index (χ1v) is 6.69. The maximum absolute atomic E-state index is 9.56. The molecule has 1 fully saturated rings. The van der Waals surface area contributed by atoms with Crippen molar-refractivity contribution >= 4 is 0 Å². The number of nitrogens with zero attached hydrogens (tertiary/aromatic N) is 1. The van der Waals surface area contributed by atoms with Crippen molar-refractivity contribution in [2.75, 3.05) is 7.11 Å². The molecule has 0 aromatic heterocycles. The van der Waals surface area contributed by atoms with Crippen molar-refractivity contribution in [3.8, 4) is 11.8 Å². The second-order valence-corrected chi connectivity index (χ2v) is 5.48. The molecule has 0 bridgehead atoms. The lowest BCUT2D eigenvalue weighted by Gasteiger charge is -2.53. The number of benzene rings is 1. The predicted octanol–water partition coefficient (Wildman–Crippen LogP) is 4.06. The van der Waals surface area contributed by atoms with E-state index in [-0.39, 0.29) is 5.41 Å². The topological polar surface area (TPSA) is 33.0 Å². The number of hydrogen-bond donors (Lipinski definition) is 0. The number of hydrogen-bond acceptors (Lipinski definition) is 2. The Hall–Kier alpha value is -1.49. The maximum atomic E-state index is 9.56. The summed E-state index contributed by atoms with van der Waals surface area (Å²) in [5.74, 6) is 0.850. The van der Waals surface area contributed by atoms with Crippen molar-refractivity contribution < 1.29 is 4.74 Å². The van der Waals surface area contributed by atoms with E-state index >= 15 is 0 Å². The molecule has 0 heterocycles. The van der Waals surface area contributed by atoms with E-state index in [1.807, 2.05) is 24.3 Å². The lowest BCUT2D eigenvalue weighted by molar-refractivity contribution is 0.0479. The molecule has 0 unspecified atom stereocenters. The van der Waals surface area contributed by atoms with Gasteiger partial charge in [-0.2, -0.15) is 5.26 Å². The van der Waals surface area contributed by atoms with E-state index in [9.17, 15) is 5.26 Å². The fourth-order valence-corrected chi connectivity index (χ4v) is 3.24. The van der Waals surface area contributed by atoms with E-state index in [1.165, 1.54) is 12.8 Å². The Morgan fingerprint density at radius 1 is 1.17 bits per heavy atom. The summed E-state index contributed by atoms with van der Waals surface area (Å²) in [5.41, 5.74) is 1.26. The standard InChI is InChI=1S/C16H21NO/c1-4-15(5-2)10-16(11-15,12-17)13-6-8-14(18-3)9-7-13/h6-9H,4-5,10-11H2,1-3H3. The highest BCUT2D eigenvalue weighted by atomic mass is 16.5. The van der Waals surface area contributed by atoms with Gasteiger partial charge >= 0.3 is 0 Å². The van der Waals surface area contributed by atoms with Crippen LogP contribution in [0, 0.1) is 16.7 Å². The highest BCUT2D eigenvalue weighted by Crippen LogP contribution is 2.58. The van der Waals surface area contributed by atoms with Gasteiger partial charge in [-0.3, -0.25) is 0 Å². The van der Waals surface area contributed by atoms with Crippen LogP contribution in [-0.2, 0) is 5.41 Å². The van der Waals surface area contributed by atoms with Crippen LogP contribution in [-0.4, -0.2) is 7.11 Å². The van der Waals surface area contributed by atoms with Crippen LogP contribution in [0.3, 0.4) is 0 Å². The van der Waals surface area contributed by atoms with Crippen molar-refractivity contribution in [1.29, 1.82) is 5.26 Å². The van der Waals surface area contributed by atoms with Crippen molar-refractivity contribution in [2.45, 2.75) is 44.9 Å². The van der Waals surface area contributed by atoms with Crippen LogP contribution in [0.4, 0.5) is 0 Å². The Bertz CT molecular complexity index is 443. The van der Waals surface area contributed by atoms with Crippen LogP contribution in [0.1, 0.15) is 45.1 Å². The summed E-state index contributed by atoms with van der Waals surface area (Å²) in [4.78, 5) is 0. The summed E-state index contributed by atoms with van der Waals surface area (Å²) in [6.45, 7) is 4.47. The Morgan fingerprint density at radius 2 is 1.72 bits per heavy atom. The second kappa shape index (κ2) is 4.65. The van der Waals surface area contributed by atoms with E-state index in [2.05, 4.69) is 19.9 Å². The summed E-state index contributed by atoms with van der Waals surface area (Å²) < 4.78 is 5.17. The molecule has 2 heteroatoms. The van der Waals surface area contributed by atoms with Gasteiger partial charge in [0.15, 0.2) is 0 Å². The van der Waals surface area contributed by atoms with E-state index in [4.69, 9.17) is 4.74 Å². The van der Waals surface area contributed by atoms with Crippen LogP contribution in [0.5, 0.6) is 5.75 Å². The SMILES string of the molecule is CCC1(CC)CC(C#N)(c2ccc(OC)cc2)C1. The Morgan fingerprint density at radius 3 is 2.11 bits per heavy atom. The summed E-state index contributed by atoms with van der Waals surface area (Å²) in [6, 6.07) is 10.5. The first-order chi connectivity index (χ1) is 8.63. The van der Waals surface area contributed by atoms with Crippen molar-refractivity contribution in [2.24, 2.45) is 5.41 Å². The van der Waals surface area contributed by atoms with Crippen molar-refractivity contribution in [3.05, 3.63) is 29.8 Å². The summed E-state index contributed by atoms with van der Waals surface area (Å²) >= 11 is 0. The van der Waals surface area contributed by atoms with E-state index in [1.54, 1.807) is 7.11 Å². The molecule has 0 saturated heterocycles. The molecule has 0 radical (unpaired) electrons. The summed E-state index contributed by atoms with van der Waals surface area (Å²) in [6.07, 6.45) is 4.33. The highest BCUT2D eigenvalue weighted by Gasteiger charge is 2.53. The van der Waals surface area contributed by atoms with Crippen molar-refractivity contribution in [3.63, 3.8) is 0 Å². The quantitative estimate of drug-likeness (QED) is 0.799. The lowest BCUT2D eigenvalue weighted by Crippen LogP contribution is -2.48. The smallest absolute Gasteiger partial charge is 0.118 e. The molecule has 18 heavy (non-hydrogen) atoms. The molecule has 1 saturated carbocycles. The molecule has 1 aromatic carbocycles. The van der Waals surface area contributed by atoms with Crippen LogP contribution >= 0.6 is 0 Å². The molecule has 1 aromatic rings. The number of nitriles is 1.